The third kappa shape index (κ3) is 2.67. The lowest BCUT2D eigenvalue weighted by Crippen LogP contribution is -2.06. The molecule has 0 unspecified atom stereocenters. The number of allylic oxidation sites excluding steroid dienone is 1. The molecule has 0 N–H and O–H groups in total. The van der Waals surface area contributed by atoms with Gasteiger partial charge < -0.3 is 0 Å². The third-order valence-corrected chi connectivity index (χ3v) is 2.25. The molecule has 6 heteroatoms. The van der Waals surface area contributed by atoms with E-state index in [0.29, 0.717) is 5.56 Å². The highest BCUT2D eigenvalue weighted by molar-refractivity contribution is 5.92. The van der Waals surface area contributed by atoms with E-state index in [-0.39, 0.29) is 11.6 Å². The van der Waals surface area contributed by atoms with Gasteiger partial charge in [0.15, 0.2) is 0 Å². The summed E-state index contributed by atoms with van der Waals surface area (Å²) in [7, 11) is 0. The maximum absolute atomic E-state index is 11.6. The first-order valence-electron chi connectivity index (χ1n) is 5.13. The van der Waals surface area contributed by atoms with Gasteiger partial charge in [0.05, 0.1) is 4.92 Å². The van der Waals surface area contributed by atoms with Gasteiger partial charge in [0.25, 0.3) is 11.6 Å². The van der Waals surface area contributed by atoms with Gasteiger partial charge >= 0.3 is 0 Å². The molecule has 2 rings (SSSR count). The normalized spacial score (nSPS) is 10.7. The van der Waals surface area contributed by atoms with Crippen molar-refractivity contribution in [3.8, 4) is 0 Å². The second-order valence-corrected chi connectivity index (χ2v) is 3.47. The Morgan fingerprint density at radius 3 is 2.61 bits per heavy atom. The van der Waals surface area contributed by atoms with Gasteiger partial charge in [-0.3, -0.25) is 14.9 Å². The van der Waals surface area contributed by atoms with Crippen molar-refractivity contribution in [3.05, 3.63) is 64.5 Å². The Bertz CT molecular complexity index is 586. The van der Waals surface area contributed by atoms with Crippen LogP contribution in [0, 0.1) is 10.1 Å². The summed E-state index contributed by atoms with van der Waals surface area (Å²) in [6.07, 6.45) is 5.99. The summed E-state index contributed by atoms with van der Waals surface area (Å²) in [6, 6.07) is 7.57. The molecule has 0 atom stereocenters. The number of non-ortho nitro benzene ring substituents is 1. The summed E-state index contributed by atoms with van der Waals surface area (Å²) in [5.41, 5.74) is 0.728. The predicted octanol–water partition coefficient (Wildman–Crippen LogP) is 2.14. The second-order valence-electron chi connectivity index (χ2n) is 3.47. The fraction of sp³-hybridized carbons (Fsp3) is 0. The second kappa shape index (κ2) is 5.05. The van der Waals surface area contributed by atoms with Gasteiger partial charge in [0, 0.05) is 30.6 Å². The Morgan fingerprint density at radius 2 is 2.06 bits per heavy atom. The number of hydrogen-bond donors (Lipinski definition) is 0. The molecule has 0 saturated carbocycles. The first kappa shape index (κ1) is 11.7. The van der Waals surface area contributed by atoms with Crippen LogP contribution < -0.4 is 0 Å². The van der Waals surface area contributed by atoms with E-state index in [1.54, 1.807) is 30.5 Å². The van der Waals surface area contributed by atoms with Crippen molar-refractivity contribution in [1.29, 1.82) is 0 Å². The van der Waals surface area contributed by atoms with Crippen molar-refractivity contribution in [3.63, 3.8) is 0 Å². The molecule has 1 aromatic heterocycles. The van der Waals surface area contributed by atoms with Crippen LogP contribution in [0.15, 0.2) is 48.8 Å². The number of nitrogens with zero attached hydrogens (tertiary/aromatic N) is 3. The Morgan fingerprint density at radius 1 is 1.33 bits per heavy atom. The Labute approximate surface area is 102 Å². The molecule has 1 aromatic carbocycles. The van der Waals surface area contributed by atoms with Crippen LogP contribution >= 0.6 is 0 Å². The standard InChI is InChI=1S/C12H9N3O3/c16-12(14-9-1-8-13-14)7-4-10-2-5-11(6-3-10)15(17)18/h1-9H/b7-4+. The number of nitro benzene ring substituents is 1. The summed E-state index contributed by atoms with van der Waals surface area (Å²) in [5.74, 6) is -0.279. The summed E-state index contributed by atoms with van der Waals surface area (Å²) in [4.78, 5) is 21.5. The van der Waals surface area contributed by atoms with Crippen LogP contribution in [-0.4, -0.2) is 20.6 Å². The third-order valence-electron chi connectivity index (χ3n) is 2.25. The molecule has 1 heterocycles. The molecule has 0 aliphatic rings. The smallest absolute Gasteiger partial charge is 0.267 e. The molecule has 0 saturated heterocycles. The number of carbonyl (C=O) groups is 1. The summed E-state index contributed by atoms with van der Waals surface area (Å²) < 4.78 is 1.20. The Hall–Kier alpha value is -2.76. The van der Waals surface area contributed by atoms with Gasteiger partial charge in [0.1, 0.15) is 0 Å². The minimum atomic E-state index is -0.470. The summed E-state index contributed by atoms with van der Waals surface area (Å²) in [5, 5.41) is 14.2. The minimum absolute atomic E-state index is 0.0190. The number of aromatic nitrogens is 2. The zero-order valence-electron chi connectivity index (χ0n) is 9.26. The highest BCUT2D eigenvalue weighted by Gasteiger charge is 2.03. The maximum Gasteiger partial charge on any atom is 0.270 e. The summed E-state index contributed by atoms with van der Waals surface area (Å²) >= 11 is 0. The Balaban J connectivity index is 2.09. The van der Waals surface area contributed by atoms with Crippen LogP contribution in [0.1, 0.15) is 10.4 Å². The molecule has 2 aromatic rings. The average molecular weight is 243 g/mol. The van der Waals surface area contributed by atoms with E-state index in [2.05, 4.69) is 5.10 Å². The van der Waals surface area contributed by atoms with Crippen molar-refractivity contribution < 1.29 is 9.72 Å². The molecule has 18 heavy (non-hydrogen) atoms. The lowest BCUT2D eigenvalue weighted by molar-refractivity contribution is -0.384. The van der Waals surface area contributed by atoms with Crippen LogP contribution in [0.5, 0.6) is 0 Å². The van der Waals surface area contributed by atoms with Gasteiger partial charge in [0.2, 0.25) is 0 Å². The molecule has 0 aliphatic carbocycles. The molecule has 0 spiro atoms. The molecule has 0 amide bonds. The minimum Gasteiger partial charge on any atom is -0.267 e. The predicted molar refractivity (Wildman–Crippen MR) is 65.0 cm³/mol. The highest BCUT2D eigenvalue weighted by Crippen LogP contribution is 2.12. The van der Waals surface area contributed by atoms with Crippen molar-refractivity contribution >= 4 is 17.7 Å². The molecule has 0 aliphatic heterocycles. The molecule has 0 bridgehead atoms. The van der Waals surface area contributed by atoms with Crippen molar-refractivity contribution in [2.45, 2.75) is 0 Å². The Kier molecular flexibility index (Phi) is 3.29. The van der Waals surface area contributed by atoms with Crippen LogP contribution in [0.25, 0.3) is 6.08 Å². The monoisotopic (exact) mass is 243 g/mol. The van der Waals surface area contributed by atoms with Gasteiger partial charge in [-0.1, -0.05) is 0 Å². The highest BCUT2D eigenvalue weighted by atomic mass is 16.6. The SMILES string of the molecule is O=C(/C=C/c1ccc([N+](=O)[O-])cc1)n1cccn1. The fourth-order valence-corrected chi connectivity index (χ4v) is 1.35. The van der Waals surface area contributed by atoms with E-state index in [9.17, 15) is 14.9 Å². The maximum atomic E-state index is 11.6. The number of nitro groups is 1. The molecule has 6 nitrogen and oxygen atoms in total. The van der Waals surface area contributed by atoms with Gasteiger partial charge in [-0.15, -0.1) is 0 Å². The van der Waals surface area contributed by atoms with Crippen LogP contribution in [0.3, 0.4) is 0 Å². The molecular weight excluding hydrogens is 234 g/mol. The lowest BCUT2D eigenvalue weighted by Gasteiger charge is -1.95. The summed E-state index contributed by atoms with van der Waals surface area (Å²) in [6.45, 7) is 0. The molecular formula is C12H9N3O3. The van der Waals surface area contributed by atoms with E-state index in [1.807, 2.05) is 0 Å². The number of rotatable bonds is 3. The van der Waals surface area contributed by atoms with E-state index in [4.69, 9.17) is 0 Å². The van der Waals surface area contributed by atoms with Gasteiger partial charge in [-0.2, -0.15) is 5.10 Å². The fourth-order valence-electron chi connectivity index (χ4n) is 1.35. The quantitative estimate of drug-likeness (QED) is 0.470. The van der Waals surface area contributed by atoms with Gasteiger partial charge in [-0.05, 0) is 29.8 Å². The van der Waals surface area contributed by atoms with Crippen LogP contribution in [0.4, 0.5) is 5.69 Å². The van der Waals surface area contributed by atoms with Crippen molar-refractivity contribution in [2.75, 3.05) is 0 Å². The van der Waals surface area contributed by atoms with Gasteiger partial charge in [-0.25, -0.2) is 4.68 Å². The lowest BCUT2D eigenvalue weighted by atomic mass is 10.2. The van der Waals surface area contributed by atoms with Crippen molar-refractivity contribution in [1.82, 2.24) is 9.78 Å². The topological polar surface area (TPSA) is 78.0 Å². The molecule has 0 radical (unpaired) electrons. The largest absolute Gasteiger partial charge is 0.270 e. The molecule has 90 valence electrons. The first-order chi connectivity index (χ1) is 8.66. The van der Waals surface area contributed by atoms with E-state index >= 15 is 0 Å². The number of benzene rings is 1. The van der Waals surface area contributed by atoms with E-state index < -0.39 is 4.92 Å². The van der Waals surface area contributed by atoms with E-state index in [1.165, 1.54) is 29.1 Å². The zero-order valence-corrected chi connectivity index (χ0v) is 9.26. The van der Waals surface area contributed by atoms with Crippen molar-refractivity contribution in [2.24, 2.45) is 0 Å². The average Bonchev–Trinajstić information content (AvgIpc) is 2.90. The zero-order chi connectivity index (χ0) is 13.0. The van der Waals surface area contributed by atoms with E-state index in [0.717, 1.165) is 0 Å². The molecule has 0 fully saturated rings. The van der Waals surface area contributed by atoms with Crippen LogP contribution in [0.2, 0.25) is 0 Å². The first-order valence-corrected chi connectivity index (χ1v) is 5.13. The van der Waals surface area contributed by atoms with Crippen LogP contribution in [-0.2, 0) is 0 Å². The number of carbonyl (C=O) groups excluding carboxylic acids is 1. The number of hydrogen-bond acceptors (Lipinski definition) is 4.